The molecule has 2 heterocycles. The third kappa shape index (κ3) is 4.42. The second-order valence-electron chi connectivity index (χ2n) is 6.58. The van der Waals surface area contributed by atoms with Gasteiger partial charge in [0.15, 0.2) is 0 Å². The molecule has 1 atom stereocenters. The van der Waals surface area contributed by atoms with Crippen LogP contribution in [0.25, 0.3) is 0 Å². The van der Waals surface area contributed by atoms with Crippen LogP contribution in [0.1, 0.15) is 30.3 Å². The van der Waals surface area contributed by atoms with Gasteiger partial charge in [0.25, 0.3) is 5.91 Å². The highest BCUT2D eigenvalue weighted by atomic mass is 35.5. The lowest BCUT2D eigenvalue weighted by Gasteiger charge is -2.30. The van der Waals surface area contributed by atoms with E-state index >= 15 is 0 Å². The molecule has 0 spiro atoms. The number of benzene rings is 1. The van der Waals surface area contributed by atoms with E-state index in [1.54, 1.807) is 31.5 Å². The van der Waals surface area contributed by atoms with Crippen LogP contribution in [0.4, 0.5) is 11.6 Å². The zero-order chi connectivity index (χ0) is 19.4. The van der Waals surface area contributed by atoms with E-state index in [2.05, 4.69) is 22.2 Å². The van der Waals surface area contributed by atoms with Crippen molar-refractivity contribution in [1.29, 1.82) is 0 Å². The molecule has 1 aromatic carbocycles. The highest BCUT2D eigenvalue weighted by Gasteiger charge is 2.23. The maximum atomic E-state index is 12.8. The number of anilines is 2. The van der Waals surface area contributed by atoms with Crippen LogP contribution in [0.3, 0.4) is 0 Å². The van der Waals surface area contributed by atoms with E-state index in [1.807, 2.05) is 4.90 Å². The molecule has 1 aliphatic rings. The van der Waals surface area contributed by atoms with E-state index in [0.29, 0.717) is 39.8 Å². The van der Waals surface area contributed by atoms with E-state index in [4.69, 9.17) is 21.1 Å². The number of carbonyl (C=O) groups excluding carboxylic acids is 1. The van der Waals surface area contributed by atoms with Crippen molar-refractivity contribution in [3.63, 3.8) is 0 Å². The van der Waals surface area contributed by atoms with Crippen molar-refractivity contribution in [3.8, 4) is 11.5 Å². The third-order valence-electron chi connectivity index (χ3n) is 4.54. The third-order valence-corrected chi connectivity index (χ3v) is 4.83. The van der Waals surface area contributed by atoms with Gasteiger partial charge in [0.2, 0.25) is 5.95 Å². The molecule has 27 heavy (non-hydrogen) atoms. The average Bonchev–Trinajstić information content (AvgIpc) is 2.68. The highest BCUT2D eigenvalue weighted by Crippen LogP contribution is 2.36. The monoisotopic (exact) mass is 390 g/mol. The molecule has 1 unspecified atom stereocenters. The largest absolute Gasteiger partial charge is 0.495 e. The Bertz CT molecular complexity index is 831. The Labute approximate surface area is 163 Å². The first kappa shape index (κ1) is 19.2. The number of carbonyl (C=O) groups is 1. The van der Waals surface area contributed by atoms with Gasteiger partial charge in [-0.1, -0.05) is 18.5 Å². The molecule has 1 amide bonds. The molecule has 0 saturated carbocycles. The van der Waals surface area contributed by atoms with Crippen LogP contribution < -0.4 is 14.8 Å². The van der Waals surface area contributed by atoms with Gasteiger partial charge in [-0.2, -0.15) is 0 Å². The van der Waals surface area contributed by atoms with Gasteiger partial charge in [-0.3, -0.25) is 4.79 Å². The minimum atomic E-state index is -0.0762. The lowest BCUT2D eigenvalue weighted by Crippen LogP contribution is -2.39. The molecule has 0 radical (unpaired) electrons. The predicted molar refractivity (Wildman–Crippen MR) is 104 cm³/mol. The van der Waals surface area contributed by atoms with Crippen molar-refractivity contribution in [2.75, 3.05) is 32.6 Å². The molecule has 1 aliphatic heterocycles. The molecule has 1 saturated heterocycles. The number of amides is 1. The Balaban J connectivity index is 1.83. The standard InChI is InChI=1S/C19H23ClN4O3/c1-12-5-4-8-24(11-12)18(25)14-6-7-21-19(22-14)23-15-10-16(26-2)13(20)9-17(15)27-3/h6-7,9-10,12H,4-5,8,11H2,1-3H3,(H,21,22,23). The molecule has 144 valence electrons. The lowest BCUT2D eigenvalue weighted by molar-refractivity contribution is 0.0677. The first-order chi connectivity index (χ1) is 13.0. The Morgan fingerprint density at radius 3 is 2.78 bits per heavy atom. The van der Waals surface area contributed by atoms with E-state index in [0.717, 1.165) is 25.9 Å². The summed E-state index contributed by atoms with van der Waals surface area (Å²) in [7, 11) is 3.08. The predicted octanol–water partition coefficient (Wildman–Crippen LogP) is 3.76. The molecular weight excluding hydrogens is 368 g/mol. The molecule has 1 aromatic heterocycles. The zero-order valence-electron chi connectivity index (χ0n) is 15.7. The number of nitrogens with zero attached hydrogens (tertiary/aromatic N) is 3. The van der Waals surface area contributed by atoms with Gasteiger partial charge < -0.3 is 19.7 Å². The van der Waals surface area contributed by atoms with Crippen LogP contribution in [-0.2, 0) is 0 Å². The Morgan fingerprint density at radius 1 is 1.30 bits per heavy atom. The Hall–Kier alpha value is -2.54. The van der Waals surface area contributed by atoms with Gasteiger partial charge in [0.05, 0.1) is 24.9 Å². The molecule has 7 nitrogen and oxygen atoms in total. The fourth-order valence-corrected chi connectivity index (χ4v) is 3.38. The molecule has 0 aliphatic carbocycles. The van der Waals surface area contributed by atoms with Crippen molar-refractivity contribution in [1.82, 2.24) is 14.9 Å². The summed E-state index contributed by atoms with van der Waals surface area (Å²) in [5, 5.41) is 3.51. The second-order valence-corrected chi connectivity index (χ2v) is 6.98. The van der Waals surface area contributed by atoms with E-state index in [1.165, 1.54) is 7.11 Å². The van der Waals surface area contributed by atoms with Crippen LogP contribution in [0.5, 0.6) is 11.5 Å². The van der Waals surface area contributed by atoms with Crippen molar-refractivity contribution in [2.45, 2.75) is 19.8 Å². The van der Waals surface area contributed by atoms with E-state index in [-0.39, 0.29) is 5.91 Å². The van der Waals surface area contributed by atoms with Gasteiger partial charge in [0, 0.05) is 31.4 Å². The quantitative estimate of drug-likeness (QED) is 0.837. The number of hydrogen-bond acceptors (Lipinski definition) is 6. The van der Waals surface area contributed by atoms with Crippen molar-refractivity contribution in [3.05, 3.63) is 35.1 Å². The molecule has 8 heteroatoms. The van der Waals surface area contributed by atoms with Crippen molar-refractivity contribution >= 4 is 29.1 Å². The van der Waals surface area contributed by atoms with Gasteiger partial charge >= 0.3 is 0 Å². The van der Waals surface area contributed by atoms with Crippen LogP contribution >= 0.6 is 11.6 Å². The molecule has 3 rings (SSSR count). The Kier molecular flexibility index (Phi) is 6.01. The number of rotatable bonds is 5. The summed E-state index contributed by atoms with van der Waals surface area (Å²) >= 11 is 6.13. The fraction of sp³-hybridized carbons (Fsp3) is 0.421. The summed E-state index contributed by atoms with van der Waals surface area (Å²) in [5.41, 5.74) is 0.955. The van der Waals surface area contributed by atoms with Gasteiger partial charge in [0.1, 0.15) is 17.2 Å². The van der Waals surface area contributed by atoms with Crippen LogP contribution in [0.2, 0.25) is 5.02 Å². The second kappa shape index (κ2) is 8.43. The van der Waals surface area contributed by atoms with Crippen molar-refractivity contribution < 1.29 is 14.3 Å². The molecule has 2 aromatic rings. The van der Waals surface area contributed by atoms with E-state index < -0.39 is 0 Å². The summed E-state index contributed by atoms with van der Waals surface area (Å²) in [6, 6.07) is 4.98. The normalized spacial score (nSPS) is 16.7. The average molecular weight is 391 g/mol. The topological polar surface area (TPSA) is 76.6 Å². The lowest BCUT2D eigenvalue weighted by atomic mass is 10.00. The maximum absolute atomic E-state index is 12.8. The zero-order valence-corrected chi connectivity index (χ0v) is 16.4. The van der Waals surface area contributed by atoms with Crippen molar-refractivity contribution in [2.24, 2.45) is 5.92 Å². The number of nitrogens with one attached hydrogen (secondary N) is 1. The fourth-order valence-electron chi connectivity index (χ4n) is 3.15. The molecule has 0 bridgehead atoms. The number of hydrogen-bond donors (Lipinski definition) is 1. The molecular formula is C19H23ClN4O3. The van der Waals surface area contributed by atoms with Gasteiger partial charge in [-0.25, -0.2) is 9.97 Å². The van der Waals surface area contributed by atoms with Crippen LogP contribution in [0.15, 0.2) is 24.4 Å². The maximum Gasteiger partial charge on any atom is 0.272 e. The highest BCUT2D eigenvalue weighted by molar-refractivity contribution is 6.32. The molecule has 1 N–H and O–H groups in total. The minimum absolute atomic E-state index is 0.0762. The van der Waals surface area contributed by atoms with Gasteiger partial charge in [-0.15, -0.1) is 0 Å². The first-order valence-corrected chi connectivity index (χ1v) is 9.20. The summed E-state index contributed by atoms with van der Waals surface area (Å²) in [6.07, 6.45) is 3.74. The van der Waals surface area contributed by atoms with E-state index in [9.17, 15) is 4.79 Å². The summed E-state index contributed by atoms with van der Waals surface area (Å²) in [6.45, 7) is 3.68. The number of piperidine rings is 1. The van der Waals surface area contributed by atoms with Crippen LogP contribution in [-0.4, -0.2) is 48.1 Å². The Morgan fingerprint density at radius 2 is 2.07 bits per heavy atom. The van der Waals surface area contributed by atoms with Crippen LogP contribution in [0, 0.1) is 5.92 Å². The number of aromatic nitrogens is 2. The number of likely N-dealkylation sites (tertiary alicyclic amines) is 1. The summed E-state index contributed by atoms with van der Waals surface area (Å²) in [4.78, 5) is 23.2. The summed E-state index contributed by atoms with van der Waals surface area (Å²) < 4.78 is 10.6. The SMILES string of the molecule is COc1cc(Nc2nccc(C(=O)N3CCCC(C)C3)n2)c(OC)cc1Cl. The number of methoxy groups -OCH3 is 2. The first-order valence-electron chi connectivity index (χ1n) is 8.82. The molecule has 1 fully saturated rings. The minimum Gasteiger partial charge on any atom is -0.495 e. The summed E-state index contributed by atoms with van der Waals surface area (Å²) in [5.74, 6) is 1.75. The number of halogens is 1. The number of ether oxygens (including phenoxy) is 2. The van der Waals surface area contributed by atoms with Gasteiger partial charge in [-0.05, 0) is 24.8 Å². The smallest absolute Gasteiger partial charge is 0.272 e.